The Labute approximate surface area is 139 Å². The fourth-order valence-electron chi connectivity index (χ4n) is 2.68. The van der Waals surface area contributed by atoms with E-state index in [9.17, 15) is 9.59 Å². The Bertz CT molecular complexity index is 610. The molecule has 2 amide bonds. The van der Waals surface area contributed by atoms with E-state index in [4.69, 9.17) is 21.1 Å². The number of carbonyl (C=O) groups excluding carboxylic acids is 2. The number of carbonyl (C=O) groups is 2. The standard InChI is InChI=1S/C16H19ClN2O4/c17-12-6-10(7-13-15(12)23-5-1-4-22-13)8-19-16(21)11-2-3-14(20)18-9-11/h6-7,11H,1-5,8-9H2,(H,18,20)(H,19,21)/t11-/m0/s1. The highest BCUT2D eigenvalue weighted by atomic mass is 35.5. The van der Waals surface area contributed by atoms with Crippen LogP contribution >= 0.6 is 11.6 Å². The largest absolute Gasteiger partial charge is 0.489 e. The summed E-state index contributed by atoms with van der Waals surface area (Å²) in [6.07, 6.45) is 1.79. The summed E-state index contributed by atoms with van der Waals surface area (Å²) < 4.78 is 11.2. The summed E-state index contributed by atoms with van der Waals surface area (Å²) in [7, 11) is 0. The van der Waals surface area contributed by atoms with Crippen molar-refractivity contribution < 1.29 is 19.1 Å². The second kappa shape index (κ2) is 7.08. The van der Waals surface area contributed by atoms with Gasteiger partial charge < -0.3 is 20.1 Å². The first-order chi connectivity index (χ1) is 11.1. The smallest absolute Gasteiger partial charge is 0.225 e. The molecule has 2 aliphatic heterocycles. The van der Waals surface area contributed by atoms with Crippen LogP contribution in [0.5, 0.6) is 11.5 Å². The molecule has 23 heavy (non-hydrogen) atoms. The number of ether oxygens (including phenoxy) is 2. The highest BCUT2D eigenvalue weighted by Crippen LogP contribution is 2.37. The minimum atomic E-state index is -0.177. The lowest BCUT2D eigenvalue weighted by Crippen LogP contribution is -2.42. The molecule has 1 atom stereocenters. The van der Waals surface area contributed by atoms with Gasteiger partial charge in [-0.15, -0.1) is 0 Å². The highest BCUT2D eigenvalue weighted by Gasteiger charge is 2.24. The van der Waals surface area contributed by atoms with E-state index < -0.39 is 0 Å². The van der Waals surface area contributed by atoms with Crippen LogP contribution in [-0.4, -0.2) is 31.6 Å². The number of benzene rings is 1. The van der Waals surface area contributed by atoms with E-state index in [1.807, 2.05) is 6.07 Å². The van der Waals surface area contributed by atoms with Crippen molar-refractivity contribution in [2.45, 2.75) is 25.8 Å². The molecular formula is C16H19ClN2O4. The summed E-state index contributed by atoms with van der Waals surface area (Å²) in [6.45, 7) is 1.92. The molecule has 2 heterocycles. The van der Waals surface area contributed by atoms with E-state index in [1.54, 1.807) is 6.07 Å². The quantitative estimate of drug-likeness (QED) is 0.878. The molecule has 6 nitrogen and oxygen atoms in total. The van der Waals surface area contributed by atoms with Gasteiger partial charge in [-0.3, -0.25) is 9.59 Å². The zero-order valence-electron chi connectivity index (χ0n) is 12.7. The Kier molecular flexibility index (Phi) is 4.91. The zero-order valence-corrected chi connectivity index (χ0v) is 13.4. The van der Waals surface area contributed by atoms with Crippen molar-refractivity contribution in [2.24, 2.45) is 5.92 Å². The Balaban J connectivity index is 1.62. The fourth-order valence-corrected chi connectivity index (χ4v) is 2.96. The van der Waals surface area contributed by atoms with Crippen LogP contribution in [0.1, 0.15) is 24.8 Å². The summed E-state index contributed by atoms with van der Waals surface area (Å²) >= 11 is 6.23. The summed E-state index contributed by atoms with van der Waals surface area (Å²) in [4.78, 5) is 23.3. The molecule has 3 rings (SSSR count). The third kappa shape index (κ3) is 3.88. The van der Waals surface area contributed by atoms with Gasteiger partial charge >= 0.3 is 0 Å². The van der Waals surface area contributed by atoms with Gasteiger partial charge in [0, 0.05) is 25.9 Å². The number of fused-ring (bicyclic) bond motifs is 1. The SMILES string of the molecule is O=C1CC[C@H](C(=O)NCc2cc(Cl)c3c(c2)OCCCO3)CN1. The first-order valence-corrected chi connectivity index (χ1v) is 8.13. The van der Waals surface area contributed by atoms with Gasteiger partial charge in [0.05, 0.1) is 24.2 Å². The third-order valence-corrected chi connectivity index (χ3v) is 4.25. The van der Waals surface area contributed by atoms with Crippen molar-refractivity contribution in [1.82, 2.24) is 10.6 Å². The zero-order chi connectivity index (χ0) is 16.2. The van der Waals surface area contributed by atoms with E-state index in [0.717, 1.165) is 12.0 Å². The molecule has 0 aromatic heterocycles. The maximum atomic E-state index is 12.2. The molecule has 0 aliphatic carbocycles. The summed E-state index contributed by atoms with van der Waals surface area (Å²) in [6, 6.07) is 3.62. The van der Waals surface area contributed by atoms with Gasteiger partial charge in [-0.2, -0.15) is 0 Å². The van der Waals surface area contributed by atoms with Crippen LogP contribution in [0.25, 0.3) is 0 Å². The van der Waals surface area contributed by atoms with Gasteiger partial charge in [0.1, 0.15) is 0 Å². The van der Waals surface area contributed by atoms with Crippen molar-refractivity contribution in [3.63, 3.8) is 0 Å². The van der Waals surface area contributed by atoms with Crippen LogP contribution in [0.3, 0.4) is 0 Å². The number of piperidine rings is 1. The van der Waals surface area contributed by atoms with Crippen molar-refractivity contribution in [1.29, 1.82) is 0 Å². The number of rotatable bonds is 3. The molecule has 0 bridgehead atoms. The Morgan fingerprint density at radius 3 is 2.96 bits per heavy atom. The molecule has 1 aromatic rings. The number of amides is 2. The molecule has 0 unspecified atom stereocenters. The first-order valence-electron chi connectivity index (χ1n) is 7.76. The van der Waals surface area contributed by atoms with Crippen molar-refractivity contribution in [2.75, 3.05) is 19.8 Å². The van der Waals surface area contributed by atoms with Crippen molar-refractivity contribution in [3.05, 3.63) is 22.7 Å². The molecular weight excluding hydrogens is 320 g/mol. The normalized spacial score (nSPS) is 20.4. The first kappa shape index (κ1) is 15.9. The number of hydrogen-bond donors (Lipinski definition) is 2. The van der Waals surface area contributed by atoms with E-state index in [2.05, 4.69) is 10.6 Å². The maximum Gasteiger partial charge on any atom is 0.225 e. The van der Waals surface area contributed by atoms with Crippen molar-refractivity contribution in [3.8, 4) is 11.5 Å². The lowest BCUT2D eigenvalue weighted by molar-refractivity contribution is -0.129. The second-order valence-electron chi connectivity index (χ2n) is 5.71. The Morgan fingerprint density at radius 2 is 2.17 bits per heavy atom. The highest BCUT2D eigenvalue weighted by molar-refractivity contribution is 6.32. The van der Waals surface area contributed by atoms with Crippen LogP contribution in [0.2, 0.25) is 5.02 Å². The summed E-state index contributed by atoms with van der Waals surface area (Å²) in [5.41, 5.74) is 0.854. The van der Waals surface area contributed by atoms with Gasteiger partial charge in [0.15, 0.2) is 11.5 Å². The lowest BCUT2D eigenvalue weighted by atomic mass is 9.98. The summed E-state index contributed by atoms with van der Waals surface area (Å²) in [5, 5.41) is 6.08. The Hall–Kier alpha value is -1.95. The van der Waals surface area contributed by atoms with Gasteiger partial charge in [0.25, 0.3) is 0 Å². The molecule has 2 N–H and O–H groups in total. The second-order valence-corrected chi connectivity index (χ2v) is 6.12. The average Bonchev–Trinajstić information content (AvgIpc) is 2.79. The van der Waals surface area contributed by atoms with Crippen LogP contribution in [0.15, 0.2) is 12.1 Å². The maximum absolute atomic E-state index is 12.2. The predicted molar refractivity (Wildman–Crippen MR) is 84.6 cm³/mol. The molecule has 0 saturated carbocycles. The van der Waals surface area contributed by atoms with Crippen LogP contribution in [0.4, 0.5) is 0 Å². The van der Waals surface area contributed by atoms with Crippen molar-refractivity contribution >= 4 is 23.4 Å². The lowest BCUT2D eigenvalue weighted by Gasteiger charge is -2.21. The van der Waals surface area contributed by atoms with Gasteiger partial charge in [0.2, 0.25) is 11.8 Å². The Morgan fingerprint density at radius 1 is 1.35 bits per heavy atom. The van der Waals surface area contributed by atoms with Gasteiger partial charge in [-0.05, 0) is 24.1 Å². The fraction of sp³-hybridized carbons (Fsp3) is 0.500. The number of nitrogens with one attached hydrogen (secondary N) is 2. The average molecular weight is 339 g/mol. The van der Waals surface area contributed by atoms with Gasteiger partial charge in [-0.25, -0.2) is 0 Å². The van der Waals surface area contributed by atoms with E-state index >= 15 is 0 Å². The minimum absolute atomic E-state index is 0.00346. The molecule has 124 valence electrons. The molecule has 1 saturated heterocycles. The van der Waals surface area contributed by atoms with Crippen LogP contribution in [0, 0.1) is 5.92 Å². The molecule has 7 heteroatoms. The number of halogens is 1. The van der Waals surface area contributed by atoms with Crippen LogP contribution < -0.4 is 20.1 Å². The van der Waals surface area contributed by atoms with E-state index in [-0.39, 0.29) is 17.7 Å². The topological polar surface area (TPSA) is 76.7 Å². The van der Waals surface area contributed by atoms with Gasteiger partial charge in [-0.1, -0.05) is 11.6 Å². The monoisotopic (exact) mass is 338 g/mol. The minimum Gasteiger partial charge on any atom is -0.489 e. The van der Waals surface area contributed by atoms with Crippen LogP contribution in [-0.2, 0) is 16.1 Å². The van der Waals surface area contributed by atoms with E-state index in [0.29, 0.717) is 55.7 Å². The summed E-state index contributed by atoms with van der Waals surface area (Å²) in [5.74, 6) is 0.943. The molecule has 2 aliphatic rings. The third-order valence-electron chi connectivity index (χ3n) is 3.96. The molecule has 0 spiro atoms. The molecule has 0 radical (unpaired) electrons. The molecule has 1 fully saturated rings. The number of hydrogen-bond acceptors (Lipinski definition) is 4. The predicted octanol–water partition coefficient (Wildman–Crippen LogP) is 1.64. The molecule has 1 aromatic carbocycles. The van der Waals surface area contributed by atoms with E-state index in [1.165, 1.54) is 0 Å².